The lowest BCUT2D eigenvalue weighted by atomic mass is 10.3. The normalized spacial score (nSPS) is 17.1. The lowest BCUT2D eigenvalue weighted by Gasteiger charge is -2.10. The third kappa shape index (κ3) is 4.03. The van der Waals surface area contributed by atoms with E-state index in [0.717, 1.165) is 24.8 Å². The lowest BCUT2D eigenvalue weighted by Crippen LogP contribution is -2.28. The Balaban J connectivity index is 1.52. The van der Waals surface area contributed by atoms with E-state index in [1.807, 2.05) is 30.3 Å². The predicted molar refractivity (Wildman–Crippen MR) is 67.2 cm³/mol. The summed E-state index contributed by atoms with van der Waals surface area (Å²) in [5.74, 6) is 1.68. The zero-order valence-corrected chi connectivity index (χ0v) is 10.1. The summed E-state index contributed by atoms with van der Waals surface area (Å²) in [6.45, 7) is 2.44. The number of hydrogen-bond donors (Lipinski definition) is 1. The average molecular weight is 240 g/mol. The van der Waals surface area contributed by atoms with Crippen molar-refractivity contribution in [1.29, 1.82) is 0 Å². The lowest BCUT2D eigenvalue weighted by molar-refractivity contribution is 0.313. The number of alkyl halides is 1. The Hall–Kier alpha value is -0.730. The fourth-order valence-corrected chi connectivity index (χ4v) is 1.98. The van der Waals surface area contributed by atoms with Crippen molar-refractivity contribution in [3.05, 3.63) is 30.3 Å². The van der Waals surface area contributed by atoms with Crippen molar-refractivity contribution in [2.24, 2.45) is 5.92 Å². The van der Waals surface area contributed by atoms with Crippen molar-refractivity contribution in [1.82, 2.24) is 5.32 Å². The van der Waals surface area contributed by atoms with E-state index in [9.17, 15) is 0 Å². The first kappa shape index (κ1) is 11.7. The molecule has 1 N–H and O–H groups in total. The molecular weight excluding hydrogens is 222 g/mol. The van der Waals surface area contributed by atoms with Gasteiger partial charge in [-0.15, -0.1) is 11.6 Å². The van der Waals surface area contributed by atoms with E-state index in [-0.39, 0.29) is 0 Å². The second kappa shape index (κ2) is 6.12. The number of ether oxygens (including phenoxy) is 1. The summed E-state index contributed by atoms with van der Waals surface area (Å²) >= 11 is 6.17. The Kier molecular flexibility index (Phi) is 4.49. The minimum Gasteiger partial charge on any atom is -0.492 e. The largest absolute Gasteiger partial charge is 0.492 e. The van der Waals surface area contributed by atoms with E-state index in [2.05, 4.69) is 5.32 Å². The van der Waals surface area contributed by atoms with Crippen LogP contribution in [0.1, 0.15) is 12.8 Å². The fraction of sp³-hybridized carbons (Fsp3) is 0.538. The smallest absolute Gasteiger partial charge is 0.119 e. The Bertz CT molecular complexity index is 300. The van der Waals surface area contributed by atoms with Crippen LogP contribution in [-0.4, -0.2) is 25.1 Å². The van der Waals surface area contributed by atoms with Crippen LogP contribution < -0.4 is 10.1 Å². The highest BCUT2D eigenvalue weighted by Gasteiger charge is 2.28. The van der Waals surface area contributed by atoms with Crippen LogP contribution in [0.4, 0.5) is 0 Å². The van der Waals surface area contributed by atoms with Crippen molar-refractivity contribution in [3.8, 4) is 5.75 Å². The van der Waals surface area contributed by atoms with Crippen molar-refractivity contribution in [3.63, 3.8) is 0 Å². The van der Waals surface area contributed by atoms with Crippen molar-refractivity contribution in [2.75, 3.05) is 19.7 Å². The van der Waals surface area contributed by atoms with Gasteiger partial charge in [0.1, 0.15) is 12.4 Å². The number of rotatable bonds is 7. The average Bonchev–Trinajstić information content (AvgIpc) is 3.13. The summed E-state index contributed by atoms with van der Waals surface area (Å²) in [6.07, 6.45) is 2.60. The molecule has 0 radical (unpaired) electrons. The van der Waals surface area contributed by atoms with Crippen LogP contribution in [0, 0.1) is 5.92 Å². The minimum atomic E-state index is 0.303. The van der Waals surface area contributed by atoms with Crippen LogP contribution >= 0.6 is 11.6 Å². The van der Waals surface area contributed by atoms with E-state index in [4.69, 9.17) is 16.3 Å². The van der Waals surface area contributed by atoms with Gasteiger partial charge in [-0.3, -0.25) is 0 Å². The molecule has 1 aliphatic rings. The van der Waals surface area contributed by atoms with Crippen LogP contribution in [0.2, 0.25) is 0 Å². The third-order valence-electron chi connectivity index (χ3n) is 2.76. The molecule has 0 heterocycles. The van der Waals surface area contributed by atoms with E-state index in [0.29, 0.717) is 12.0 Å². The minimum absolute atomic E-state index is 0.303. The molecule has 0 bridgehead atoms. The van der Waals surface area contributed by atoms with Crippen molar-refractivity contribution in [2.45, 2.75) is 18.2 Å². The summed E-state index contributed by atoms with van der Waals surface area (Å²) in [6, 6.07) is 9.87. The molecular formula is C13H18ClNO. The van der Waals surface area contributed by atoms with Gasteiger partial charge in [0.15, 0.2) is 0 Å². The van der Waals surface area contributed by atoms with Gasteiger partial charge in [-0.25, -0.2) is 0 Å². The second-order valence-corrected chi connectivity index (χ2v) is 4.78. The molecule has 0 saturated heterocycles. The molecule has 1 aliphatic carbocycles. The molecule has 1 fully saturated rings. The fourth-order valence-electron chi connectivity index (χ4n) is 1.62. The summed E-state index contributed by atoms with van der Waals surface area (Å²) in [5, 5.41) is 3.62. The van der Waals surface area contributed by atoms with Crippen LogP contribution in [0.3, 0.4) is 0 Å². The monoisotopic (exact) mass is 239 g/mol. The molecule has 88 valence electrons. The highest BCUT2D eigenvalue weighted by atomic mass is 35.5. The van der Waals surface area contributed by atoms with Gasteiger partial charge in [-0.2, -0.15) is 0 Å². The maximum atomic E-state index is 6.17. The number of nitrogens with one attached hydrogen (secondary N) is 1. The highest BCUT2D eigenvalue weighted by molar-refractivity contribution is 6.21. The molecule has 16 heavy (non-hydrogen) atoms. The summed E-state index contributed by atoms with van der Waals surface area (Å²) in [7, 11) is 0. The van der Waals surface area contributed by atoms with E-state index in [1.54, 1.807) is 0 Å². The predicted octanol–water partition coefficient (Wildman–Crippen LogP) is 2.67. The molecule has 2 rings (SSSR count). The van der Waals surface area contributed by atoms with E-state index in [1.165, 1.54) is 12.8 Å². The standard InChI is InChI=1S/C13H18ClNO/c14-13(11-6-7-11)10-15-8-9-16-12-4-2-1-3-5-12/h1-5,11,13,15H,6-10H2. The van der Waals surface area contributed by atoms with Crippen LogP contribution in [0.5, 0.6) is 5.75 Å². The molecule has 2 nitrogen and oxygen atoms in total. The second-order valence-electron chi connectivity index (χ2n) is 4.22. The first-order valence-electron chi connectivity index (χ1n) is 5.89. The molecule has 3 heteroatoms. The number of benzene rings is 1. The van der Waals surface area contributed by atoms with E-state index < -0.39 is 0 Å². The molecule has 0 aromatic heterocycles. The maximum absolute atomic E-state index is 6.17. The Labute approximate surface area is 102 Å². The first-order chi connectivity index (χ1) is 7.86. The molecule has 1 saturated carbocycles. The molecule has 1 aromatic carbocycles. The van der Waals surface area contributed by atoms with Gasteiger partial charge < -0.3 is 10.1 Å². The van der Waals surface area contributed by atoms with Crippen molar-refractivity contribution >= 4 is 11.6 Å². The molecule has 0 aliphatic heterocycles. The van der Waals surface area contributed by atoms with Gasteiger partial charge >= 0.3 is 0 Å². The quantitative estimate of drug-likeness (QED) is 0.584. The van der Waals surface area contributed by atoms with Gasteiger partial charge in [0.2, 0.25) is 0 Å². The van der Waals surface area contributed by atoms with Gasteiger partial charge in [0.25, 0.3) is 0 Å². The Morgan fingerprint density at radius 2 is 2.06 bits per heavy atom. The molecule has 0 spiro atoms. The molecule has 1 aromatic rings. The zero-order chi connectivity index (χ0) is 11.2. The summed E-state index contributed by atoms with van der Waals surface area (Å²) in [4.78, 5) is 0. The van der Waals surface area contributed by atoms with Crippen LogP contribution in [0.25, 0.3) is 0 Å². The Morgan fingerprint density at radius 1 is 1.31 bits per heavy atom. The summed E-state index contributed by atoms with van der Waals surface area (Å²) < 4.78 is 5.56. The van der Waals surface area contributed by atoms with Gasteiger partial charge in [0.05, 0.1) is 0 Å². The highest BCUT2D eigenvalue weighted by Crippen LogP contribution is 2.35. The zero-order valence-electron chi connectivity index (χ0n) is 9.36. The van der Waals surface area contributed by atoms with Crippen LogP contribution in [0.15, 0.2) is 30.3 Å². The Morgan fingerprint density at radius 3 is 2.75 bits per heavy atom. The third-order valence-corrected chi connectivity index (χ3v) is 3.27. The number of para-hydroxylation sites is 1. The number of halogens is 1. The van der Waals surface area contributed by atoms with Crippen LogP contribution in [-0.2, 0) is 0 Å². The number of hydrogen-bond acceptors (Lipinski definition) is 2. The topological polar surface area (TPSA) is 21.3 Å². The van der Waals surface area contributed by atoms with Gasteiger partial charge in [-0.1, -0.05) is 18.2 Å². The van der Waals surface area contributed by atoms with Crippen molar-refractivity contribution < 1.29 is 4.74 Å². The van der Waals surface area contributed by atoms with Gasteiger partial charge in [-0.05, 0) is 30.9 Å². The SMILES string of the molecule is ClC(CNCCOc1ccccc1)C1CC1. The molecule has 0 amide bonds. The summed E-state index contributed by atoms with van der Waals surface area (Å²) in [5.41, 5.74) is 0. The first-order valence-corrected chi connectivity index (χ1v) is 6.32. The molecule has 1 unspecified atom stereocenters. The van der Waals surface area contributed by atoms with Gasteiger partial charge in [0, 0.05) is 18.5 Å². The maximum Gasteiger partial charge on any atom is 0.119 e. The molecule has 1 atom stereocenters. The van der Waals surface area contributed by atoms with E-state index >= 15 is 0 Å².